The van der Waals surface area contributed by atoms with E-state index in [1.165, 1.54) is 0 Å². The zero-order valence-corrected chi connectivity index (χ0v) is 16.6. The zero-order chi connectivity index (χ0) is 20.3. The fourth-order valence-electron chi connectivity index (χ4n) is 2.70. The lowest BCUT2D eigenvalue weighted by molar-refractivity contribution is 0.283. The molecule has 11 heteroatoms. The lowest BCUT2D eigenvalue weighted by Gasteiger charge is -2.10. The highest BCUT2D eigenvalue weighted by molar-refractivity contribution is 7.90. The van der Waals surface area contributed by atoms with E-state index in [0.29, 0.717) is 36.0 Å². The van der Waals surface area contributed by atoms with Crippen LogP contribution in [-0.2, 0) is 22.8 Å². The van der Waals surface area contributed by atoms with E-state index in [2.05, 4.69) is 15.0 Å². The average Bonchev–Trinajstić information content (AvgIpc) is 2.99. The molecule has 9 nitrogen and oxygen atoms in total. The van der Waals surface area contributed by atoms with Gasteiger partial charge >= 0.3 is 0 Å². The average molecular weight is 427 g/mol. The Balaban J connectivity index is 1.93. The summed E-state index contributed by atoms with van der Waals surface area (Å²) >= 11 is 5.85. The van der Waals surface area contributed by atoms with Gasteiger partial charge in [0.2, 0.25) is 15.0 Å². The molecule has 0 unspecified atom stereocenters. The summed E-state index contributed by atoms with van der Waals surface area (Å²) in [6, 6.07) is 6.87. The lowest BCUT2D eigenvalue weighted by Crippen LogP contribution is -2.19. The van der Waals surface area contributed by atoms with Crippen LogP contribution in [0.3, 0.4) is 0 Å². The van der Waals surface area contributed by atoms with Crippen molar-refractivity contribution < 1.29 is 18.3 Å². The lowest BCUT2D eigenvalue weighted by atomic mass is 10.3. The molecular formula is C17H19ClN4O5S. The molecule has 0 aliphatic heterocycles. The maximum atomic E-state index is 12.5. The number of nitrogens with zero attached hydrogens (tertiary/aromatic N) is 3. The van der Waals surface area contributed by atoms with Gasteiger partial charge in [-0.2, -0.15) is 4.98 Å². The number of sulfone groups is 1. The highest BCUT2D eigenvalue weighted by Gasteiger charge is 2.19. The fourth-order valence-corrected chi connectivity index (χ4v) is 3.35. The van der Waals surface area contributed by atoms with E-state index in [0.717, 1.165) is 6.26 Å². The minimum absolute atomic E-state index is 0.0388. The quantitative estimate of drug-likeness (QED) is 0.517. The van der Waals surface area contributed by atoms with Gasteiger partial charge in [0.25, 0.3) is 5.56 Å². The molecule has 0 radical (unpaired) electrons. The molecule has 2 heterocycles. The van der Waals surface area contributed by atoms with Gasteiger partial charge in [-0.15, -0.1) is 0 Å². The van der Waals surface area contributed by atoms with Crippen molar-refractivity contribution in [2.24, 2.45) is 0 Å². The van der Waals surface area contributed by atoms with Gasteiger partial charge < -0.3 is 14.4 Å². The van der Waals surface area contributed by atoms with Crippen molar-refractivity contribution in [3.63, 3.8) is 0 Å². The molecule has 0 saturated heterocycles. The van der Waals surface area contributed by atoms with Gasteiger partial charge in [-0.3, -0.25) is 9.78 Å². The summed E-state index contributed by atoms with van der Waals surface area (Å²) in [7, 11) is -3.69. The Bertz CT molecular complexity index is 1140. The van der Waals surface area contributed by atoms with E-state index in [1.807, 2.05) is 0 Å². The highest BCUT2D eigenvalue weighted by atomic mass is 35.5. The third kappa shape index (κ3) is 4.51. The first-order valence-electron chi connectivity index (χ1n) is 8.48. The number of aliphatic hydroxyl groups excluding tert-OH is 1. The van der Waals surface area contributed by atoms with E-state index in [9.17, 15) is 13.2 Å². The Morgan fingerprint density at radius 3 is 2.61 bits per heavy atom. The van der Waals surface area contributed by atoms with Crippen LogP contribution in [0.5, 0.6) is 5.75 Å². The molecule has 3 aromatic rings. The monoisotopic (exact) mass is 426 g/mol. The van der Waals surface area contributed by atoms with E-state index < -0.39 is 20.6 Å². The van der Waals surface area contributed by atoms with Crippen LogP contribution in [-0.4, -0.2) is 52.5 Å². The highest BCUT2D eigenvalue weighted by Crippen LogP contribution is 2.17. The van der Waals surface area contributed by atoms with Crippen LogP contribution >= 0.6 is 11.6 Å². The third-order valence-corrected chi connectivity index (χ3v) is 5.13. The van der Waals surface area contributed by atoms with Gasteiger partial charge in [-0.1, -0.05) is 11.6 Å². The molecular weight excluding hydrogens is 408 g/mol. The van der Waals surface area contributed by atoms with Crippen LogP contribution in [0.2, 0.25) is 5.02 Å². The predicted octanol–water partition coefficient (Wildman–Crippen LogP) is 1.18. The first-order chi connectivity index (χ1) is 13.3. The molecule has 3 rings (SSSR count). The summed E-state index contributed by atoms with van der Waals surface area (Å²) in [4.78, 5) is 23.1. The molecule has 0 fully saturated rings. The normalized spacial score (nSPS) is 11.8. The van der Waals surface area contributed by atoms with Gasteiger partial charge in [-0.25, -0.2) is 13.4 Å². The van der Waals surface area contributed by atoms with Crippen molar-refractivity contribution in [3.8, 4) is 5.75 Å². The van der Waals surface area contributed by atoms with E-state index in [1.54, 1.807) is 28.8 Å². The smallest absolute Gasteiger partial charge is 0.277 e. The number of aromatic amines is 1. The number of ether oxygens (including phenoxy) is 1. The van der Waals surface area contributed by atoms with Crippen molar-refractivity contribution >= 4 is 32.6 Å². The first kappa shape index (κ1) is 20.3. The second kappa shape index (κ2) is 8.29. The maximum Gasteiger partial charge on any atom is 0.277 e. The molecule has 0 bridgehead atoms. The second-order valence-corrected chi connectivity index (χ2v) is 8.49. The summed E-state index contributed by atoms with van der Waals surface area (Å²) in [5, 5.41) is 9.28. The van der Waals surface area contributed by atoms with E-state index >= 15 is 0 Å². The summed E-state index contributed by atoms with van der Waals surface area (Å²) < 4.78 is 30.7. The van der Waals surface area contributed by atoms with E-state index in [-0.39, 0.29) is 24.4 Å². The molecule has 0 amide bonds. The van der Waals surface area contributed by atoms with Gasteiger partial charge in [0, 0.05) is 24.3 Å². The van der Waals surface area contributed by atoms with Gasteiger partial charge in [0.05, 0.1) is 6.54 Å². The van der Waals surface area contributed by atoms with Crippen molar-refractivity contribution in [2.45, 2.75) is 24.5 Å². The number of imidazole rings is 1. The van der Waals surface area contributed by atoms with Crippen molar-refractivity contribution in [3.05, 3.63) is 45.5 Å². The summed E-state index contributed by atoms with van der Waals surface area (Å²) in [6.07, 6.45) is 1.81. The number of benzene rings is 1. The van der Waals surface area contributed by atoms with Crippen molar-refractivity contribution in [2.75, 3.05) is 19.5 Å². The predicted molar refractivity (Wildman–Crippen MR) is 104 cm³/mol. The molecule has 1 aromatic carbocycles. The first-order valence-corrected chi connectivity index (χ1v) is 10.8. The van der Waals surface area contributed by atoms with Crippen LogP contribution in [0.15, 0.2) is 34.2 Å². The number of hydrogen-bond donors (Lipinski definition) is 2. The molecule has 2 N–H and O–H groups in total. The number of hydrogen-bond acceptors (Lipinski definition) is 7. The summed E-state index contributed by atoms with van der Waals surface area (Å²) in [6.45, 7) is 0.498. The molecule has 0 spiro atoms. The molecule has 28 heavy (non-hydrogen) atoms. The largest absolute Gasteiger partial charge is 0.492 e. The second-order valence-electron chi connectivity index (χ2n) is 6.12. The summed E-state index contributed by atoms with van der Waals surface area (Å²) in [5.41, 5.74) is -0.386. The molecule has 0 aliphatic rings. The Labute approximate surface area is 165 Å². The Morgan fingerprint density at radius 2 is 1.96 bits per heavy atom. The minimum Gasteiger partial charge on any atom is -0.492 e. The SMILES string of the molecule is CS(=O)(=O)c1nc2nc(CCCO)n(CCOc3ccc(Cl)cc3)c2c(=O)[nH]1. The third-order valence-electron chi connectivity index (χ3n) is 3.98. The summed E-state index contributed by atoms with van der Waals surface area (Å²) in [5.74, 6) is 1.14. The number of aliphatic hydroxyl groups is 1. The van der Waals surface area contributed by atoms with Crippen molar-refractivity contribution in [1.82, 2.24) is 19.5 Å². The van der Waals surface area contributed by atoms with Crippen LogP contribution in [0.25, 0.3) is 11.2 Å². The Morgan fingerprint density at radius 1 is 1.25 bits per heavy atom. The Kier molecular flexibility index (Phi) is 6.01. The number of halogens is 1. The van der Waals surface area contributed by atoms with Crippen LogP contribution in [0.1, 0.15) is 12.2 Å². The van der Waals surface area contributed by atoms with Gasteiger partial charge in [0.1, 0.15) is 18.2 Å². The maximum absolute atomic E-state index is 12.5. The minimum atomic E-state index is -3.69. The molecule has 0 aliphatic carbocycles. The number of rotatable bonds is 8. The molecule has 0 saturated carbocycles. The number of H-pyrrole nitrogens is 1. The fraction of sp³-hybridized carbons (Fsp3) is 0.353. The number of aryl methyl sites for hydroxylation is 1. The zero-order valence-electron chi connectivity index (χ0n) is 15.1. The van der Waals surface area contributed by atoms with Crippen molar-refractivity contribution in [1.29, 1.82) is 0 Å². The van der Waals surface area contributed by atoms with Crippen LogP contribution in [0, 0.1) is 0 Å². The van der Waals surface area contributed by atoms with Gasteiger partial charge in [0.15, 0.2) is 11.2 Å². The van der Waals surface area contributed by atoms with Crippen LogP contribution < -0.4 is 10.3 Å². The number of aromatic nitrogens is 4. The van der Waals surface area contributed by atoms with Crippen LogP contribution in [0.4, 0.5) is 0 Å². The number of fused-ring (bicyclic) bond motifs is 1. The molecule has 2 aromatic heterocycles. The molecule has 0 atom stereocenters. The standard InChI is InChI=1S/C17H19ClN4O5S/c1-28(25,26)17-20-15-14(16(24)21-17)22(13(19-15)3-2-9-23)8-10-27-12-6-4-11(18)5-7-12/h4-7,23H,2-3,8-10H2,1H3,(H,20,21,24). The number of nitrogens with one attached hydrogen (secondary N) is 1. The molecule has 150 valence electrons. The van der Waals surface area contributed by atoms with Gasteiger partial charge in [-0.05, 0) is 30.7 Å². The Hall–Kier alpha value is -2.43. The van der Waals surface area contributed by atoms with E-state index in [4.69, 9.17) is 21.4 Å². The topological polar surface area (TPSA) is 127 Å².